The molecule has 2 N–H and O–H groups in total. The van der Waals surface area contributed by atoms with E-state index in [1.807, 2.05) is 23.9 Å². The molecule has 1 amide bonds. The van der Waals surface area contributed by atoms with E-state index in [-0.39, 0.29) is 11.5 Å². The molecule has 2 aromatic carbocycles. The Morgan fingerprint density at radius 2 is 1.85 bits per heavy atom. The third-order valence-corrected chi connectivity index (χ3v) is 4.85. The first kappa shape index (κ1) is 18.0. The van der Waals surface area contributed by atoms with Gasteiger partial charge in [0.05, 0.1) is 4.90 Å². The van der Waals surface area contributed by atoms with Gasteiger partial charge in [0.1, 0.15) is 19.0 Å². The number of aryl methyl sites for hydroxylation is 1. The molecule has 0 saturated heterocycles. The van der Waals surface area contributed by atoms with Crippen LogP contribution in [-0.2, 0) is 14.8 Å². The van der Waals surface area contributed by atoms with Crippen LogP contribution in [0.4, 0.5) is 0 Å². The molecule has 0 fully saturated rings. The summed E-state index contributed by atoms with van der Waals surface area (Å²) in [6, 6.07) is 11.4. The summed E-state index contributed by atoms with van der Waals surface area (Å²) in [5.74, 6) is 0.742. The predicted molar refractivity (Wildman–Crippen MR) is 92.6 cm³/mol. The molecule has 0 radical (unpaired) electrons. The van der Waals surface area contributed by atoms with Crippen LogP contribution >= 0.6 is 0 Å². The number of sulfonamides is 1. The number of ether oxygens (including phenoxy) is 3. The molecule has 1 aliphatic heterocycles. The summed E-state index contributed by atoms with van der Waals surface area (Å²) in [7, 11) is -3.95. The van der Waals surface area contributed by atoms with Gasteiger partial charge in [-0.25, -0.2) is 8.42 Å². The molecule has 9 heteroatoms. The molecular formula is C17H18N2O6S. The van der Waals surface area contributed by atoms with Crippen molar-refractivity contribution < 1.29 is 27.4 Å². The van der Waals surface area contributed by atoms with E-state index < -0.39 is 15.9 Å². The predicted octanol–water partition coefficient (Wildman–Crippen LogP) is 1.15. The Balaban J connectivity index is 1.58. The Hall–Kier alpha value is -2.78. The maximum absolute atomic E-state index is 12.3. The summed E-state index contributed by atoms with van der Waals surface area (Å²) >= 11 is 0. The van der Waals surface area contributed by atoms with Crippen LogP contribution in [0.3, 0.4) is 0 Å². The standard InChI is InChI=1S/C17H18N2O6S/c1-12-4-2-3-5-14(12)25-11-17(20)18-19-26(21,22)13-6-7-15-16(10-13)24-9-8-23-15/h2-7,10,19H,8-9,11H2,1H3,(H,18,20). The second kappa shape index (κ2) is 7.63. The number of fused-ring (bicyclic) bond motifs is 1. The van der Waals surface area contributed by atoms with Crippen molar-refractivity contribution in [3.8, 4) is 17.2 Å². The van der Waals surface area contributed by atoms with Crippen LogP contribution in [-0.4, -0.2) is 34.1 Å². The smallest absolute Gasteiger partial charge is 0.272 e. The maximum Gasteiger partial charge on any atom is 0.272 e. The van der Waals surface area contributed by atoms with E-state index >= 15 is 0 Å². The first-order chi connectivity index (χ1) is 12.5. The summed E-state index contributed by atoms with van der Waals surface area (Å²) in [6.07, 6.45) is 0. The highest BCUT2D eigenvalue weighted by Gasteiger charge is 2.20. The van der Waals surface area contributed by atoms with Gasteiger partial charge in [-0.05, 0) is 30.7 Å². The molecule has 1 heterocycles. The Bertz CT molecular complexity index is 913. The van der Waals surface area contributed by atoms with Crippen molar-refractivity contribution in [2.45, 2.75) is 11.8 Å². The third-order valence-electron chi connectivity index (χ3n) is 3.60. The van der Waals surface area contributed by atoms with Crippen molar-refractivity contribution in [1.82, 2.24) is 10.3 Å². The fourth-order valence-electron chi connectivity index (χ4n) is 2.27. The number of benzene rings is 2. The number of hydrogen-bond acceptors (Lipinski definition) is 6. The van der Waals surface area contributed by atoms with Crippen molar-refractivity contribution in [3.05, 3.63) is 48.0 Å². The molecular weight excluding hydrogens is 360 g/mol. The number of carbonyl (C=O) groups excluding carboxylic acids is 1. The van der Waals surface area contributed by atoms with Gasteiger partial charge < -0.3 is 14.2 Å². The summed E-state index contributed by atoms with van der Waals surface area (Å²) in [5.41, 5.74) is 2.99. The Morgan fingerprint density at radius 3 is 2.62 bits per heavy atom. The topological polar surface area (TPSA) is 103 Å². The van der Waals surface area contributed by atoms with Gasteiger partial charge >= 0.3 is 0 Å². The lowest BCUT2D eigenvalue weighted by Gasteiger charge is -2.19. The second-order valence-electron chi connectivity index (χ2n) is 5.51. The average Bonchev–Trinajstić information content (AvgIpc) is 2.65. The number of hydrazine groups is 1. The van der Waals surface area contributed by atoms with E-state index in [1.165, 1.54) is 18.2 Å². The highest BCUT2D eigenvalue weighted by molar-refractivity contribution is 7.89. The Labute approximate surface area is 151 Å². The third kappa shape index (κ3) is 4.24. The number of amides is 1. The van der Waals surface area contributed by atoms with Crippen LogP contribution in [0.5, 0.6) is 17.2 Å². The van der Waals surface area contributed by atoms with Gasteiger partial charge in [-0.15, -0.1) is 4.83 Å². The zero-order valence-electron chi connectivity index (χ0n) is 14.0. The van der Waals surface area contributed by atoms with Crippen molar-refractivity contribution in [3.63, 3.8) is 0 Å². The maximum atomic E-state index is 12.3. The number of carbonyl (C=O) groups is 1. The van der Waals surface area contributed by atoms with Gasteiger partial charge in [-0.1, -0.05) is 18.2 Å². The molecule has 3 rings (SSSR count). The molecule has 138 valence electrons. The lowest BCUT2D eigenvalue weighted by Crippen LogP contribution is -2.43. The minimum Gasteiger partial charge on any atom is -0.486 e. The minimum atomic E-state index is -3.95. The highest BCUT2D eigenvalue weighted by Crippen LogP contribution is 2.32. The Kier molecular flexibility index (Phi) is 5.29. The molecule has 26 heavy (non-hydrogen) atoms. The number of hydrogen-bond donors (Lipinski definition) is 2. The molecule has 1 aliphatic rings. The SMILES string of the molecule is Cc1ccccc1OCC(=O)NNS(=O)(=O)c1ccc2c(c1)OCCO2. The van der Waals surface area contributed by atoms with E-state index in [0.717, 1.165) is 5.56 Å². The fourth-order valence-corrected chi connectivity index (χ4v) is 3.15. The molecule has 0 aromatic heterocycles. The first-order valence-corrected chi connectivity index (χ1v) is 9.33. The molecule has 0 aliphatic carbocycles. The van der Waals surface area contributed by atoms with Crippen molar-refractivity contribution in [1.29, 1.82) is 0 Å². The number of rotatable bonds is 6. The molecule has 0 bridgehead atoms. The summed E-state index contributed by atoms with van der Waals surface area (Å²) in [4.78, 5) is 13.8. The van der Waals surface area contributed by atoms with Crippen LogP contribution in [0, 0.1) is 6.92 Å². The molecule has 0 saturated carbocycles. The van der Waals surface area contributed by atoms with E-state index in [0.29, 0.717) is 30.5 Å². The van der Waals surface area contributed by atoms with Crippen molar-refractivity contribution in [2.24, 2.45) is 0 Å². The van der Waals surface area contributed by atoms with Gasteiger partial charge in [0.2, 0.25) is 0 Å². The normalized spacial score (nSPS) is 13.1. The minimum absolute atomic E-state index is 0.0538. The van der Waals surface area contributed by atoms with Gasteiger partial charge in [0.25, 0.3) is 15.9 Å². The molecule has 0 spiro atoms. The lowest BCUT2D eigenvalue weighted by atomic mass is 10.2. The molecule has 8 nitrogen and oxygen atoms in total. The summed E-state index contributed by atoms with van der Waals surface area (Å²) < 4.78 is 40.6. The van der Waals surface area contributed by atoms with Crippen LogP contribution in [0.2, 0.25) is 0 Å². The van der Waals surface area contributed by atoms with E-state index in [4.69, 9.17) is 14.2 Å². The molecule has 0 unspecified atom stereocenters. The van der Waals surface area contributed by atoms with Crippen LogP contribution in [0.1, 0.15) is 5.56 Å². The van der Waals surface area contributed by atoms with Gasteiger partial charge in [-0.3, -0.25) is 10.2 Å². The first-order valence-electron chi connectivity index (χ1n) is 7.84. The highest BCUT2D eigenvalue weighted by atomic mass is 32.2. The van der Waals surface area contributed by atoms with Crippen molar-refractivity contribution >= 4 is 15.9 Å². The van der Waals surface area contributed by atoms with E-state index in [1.54, 1.807) is 12.1 Å². The summed E-state index contributed by atoms with van der Waals surface area (Å²) in [6.45, 7) is 2.28. The van der Waals surface area contributed by atoms with Crippen LogP contribution < -0.4 is 24.5 Å². The van der Waals surface area contributed by atoms with Crippen LogP contribution in [0.25, 0.3) is 0 Å². The van der Waals surface area contributed by atoms with Crippen molar-refractivity contribution in [2.75, 3.05) is 19.8 Å². The zero-order valence-corrected chi connectivity index (χ0v) is 14.8. The molecule has 2 aromatic rings. The van der Waals surface area contributed by atoms with E-state index in [2.05, 4.69) is 5.43 Å². The quantitative estimate of drug-likeness (QED) is 0.731. The largest absolute Gasteiger partial charge is 0.486 e. The summed E-state index contributed by atoms with van der Waals surface area (Å²) in [5, 5.41) is 0. The fraction of sp³-hybridized carbons (Fsp3) is 0.235. The van der Waals surface area contributed by atoms with Crippen LogP contribution in [0.15, 0.2) is 47.4 Å². The van der Waals surface area contributed by atoms with Gasteiger partial charge in [0.15, 0.2) is 18.1 Å². The monoisotopic (exact) mass is 378 g/mol. The molecule has 0 atom stereocenters. The Morgan fingerprint density at radius 1 is 1.12 bits per heavy atom. The second-order valence-corrected chi connectivity index (χ2v) is 7.20. The number of nitrogens with one attached hydrogen (secondary N) is 2. The number of para-hydroxylation sites is 1. The zero-order chi connectivity index (χ0) is 18.6. The van der Waals surface area contributed by atoms with Gasteiger partial charge in [-0.2, -0.15) is 0 Å². The van der Waals surface area contributed by atoms with Gasteiger partial charge in [0, 0.05) is 6.07 Å². The van der Waals surface area contributed by atoms with E-state index in [9.17, 15) is 13.2 Å². The lowest BCUT2D eigenvalue weighted by molar-refractivity contribution is -0.123. The average molecular weight is 378 g/mol.